The van der Waals surface area contributed by atoms with Gasteiger partial charge in [-0.3, -0.25) is 4.31 Å². The molecule has 0 saturated carbocycles. The van der Waals surface area contributed by atoms with Crippen molar-refractivity contribution in [1.82, 2.24) is 0 Å². The standard InChI is InChI=1S/C17H20ClNO2S/c1-4-19(16-9-5-14(6-10-16)13(2)3)22(20,21)17-11-7-15(18)8-12-17/h5-13H,4H2,1-3H3. The lowest BCUT2D eigenvalue weighted by Gasteiger charge is -2.23. The van der Waals surface area contributed by atoms with Gasteiger partial charge >= 0.3 is 0 Å². The summed E-state index contributed by atoms with van der Waals surface area (Å²) in [7, 11) is -3.58. The molecule has 0 radical (unpaired) electrons. The number of sulfonamides is 1. The fourth-order valence-electron chi connectivity index (χ4n) is 2.25. The number of nitrogens with zero attached hydrogens (tertiary/aromatic N) is 1. The molecule has 0 bridgehead atoms. The Morgan fingerprint density at radius 3 is 2.00 bits per heavy atom. The highest BCUT2D eigenvalue weighted by Crippen LogP contribution is 2.26. The summed E-state index contributed by atoms with van der Waals surface area (Å²) >= 11 is 5.83. The van der Waals surface area contributed by atoms with E-state index in [0.717, 1.165) is 0 Å². The van der Waals surface area contributed by atoms with Crippen LogP contribution in [0.5, 0.6) is 0 Å². The lowest BCUT2D eigenvalue weighted by molar-refractivity contribution is 0.592. The van der Waals surface area contributed by atoms with Gasteiger partial charge in [-0.25, -0.2) is 8.42 Å². The van der Waals surface area contributed by atoms with Gasteiger partial charge in [-0.2, -0.15) is 0 Å². The number of hydrogen-bond acceptors (Lipinski definition) is 2. The molecule has 0 heterocycles. The summed E-state index contributed by atoms with van der Waals surface area (Å²) < 4.78 is 27.0. The number of halogens is 1. The van der Waals surface area contributed by atoms with Crippen LogP contribution in [0.1, 0.15) is 32.3 Å². The van der Waals surface area contributed by atoms with Gasteiger partial charge < -0.3 is 0 Å². The summed E-state index contributed by atoms with van der Waals surface area (Å²) in [5, 5.41) is 0.517. The lowest BCUT2D eigenvalue weighted by Crippen LogP contribution is -2.30. The van der Waals surface area contributed by atoms with Crippen molar-refractivity contribution in [3.8, 4) is 0 Å². The number of anilines is 1. The molecule has 0 aliphatic carbocycles. The third-order valence-corrected chi connectivity index (χ3v) is 5.71. The maximum atomic E-state index is 12.8. The molecule has 5 heteroatoms. The van der Waals surface area contributed by atoms with Crippen molar-refractivity contribution in [2.45, 2.75) is 31.6 Å². The maximum Gasteiger partial charge on any atom is 0.264 e. The summed E-state index contributed by atoms with van der Waals surface area (Å²) in [6, 6.07) is 13.9. The second-order valence-corrected chi connectivity index (χ2v) is 7.67. The van der Waals surface area contributed by atoms with Crippen molar-refractivity contribution in [3.63, 3.8) is 0 Å². The zero-order valence-electron chi connectivity index (χ0n) is 13.0. The van der Waals surface area contributed by atoms with E-state index in [9.17, 15) is 8.42 Å². The number of rotatable bonds is 5. The molecule has 0 N–H and O–H groups in total. The second-order valence-electron chi connectivity index (χ2n) is 5.37. The Hall–Kier alpha value is -1.52. The highest BCUT2D eigenvalue weighted by atomic mass is 35.5. The molecule has 0 atom stereocenters. The first-order valence-corrected chi connectivity index (χ1v) is 9.06. The van der Waals surface area contributed by atoms with Gasteiger partial charge in [0.05, 0.1) is 10.6 Å². The van der Waals surface area contributed by atoms with Crippen molar-refractivity contribution >= 4 is 27.3 Å². The normalized spacial score (nSPS) is 11.7. The van der Waals surface area contributed by atoms with Gasteiger partial charge in [-0.15, -0.1) is 0 Å². The molecule has 0 aromatic heterocycles. The highest BCUT2D eigenvalue weighted by Gasteiger charge is 2.23. The van der Waals surface area contributed by atoms with Crippen molar-refractivity contribution in [3.05, 3.63) is 59.1 Å². The minimum Gasteiger partial charge on any atom is -0.267 e. The van der Waals surface area contributed by atoms with Crippen LogP contribution in [0.3, 0.4) is 0 Å². The van der Waals surface area contributed by atoms with E-state index in [1.54, 1.807) is 12.1 Å². The molecule has 0 spiro atoms. The van der Waals surface area contributed by atoms with E-state index in [-0.39, 0.29) is 4.90 Å². The minimum absolute atomic E-state index is 0.242. The third-order valence-electron chi connectivity index (χ3n) is 3.54. The molecule has 3 nitrogen and oxygen atoms in total. The van der Waals surface area contributed by atoms with Crippen LogP contribution < -0.4 is 4.31 Å². The first-order valence-electron chi connectivity index (χ1n) is 7.24. The quantitative estimate of drug-likeness (QED) is 0.794. The molecule has 0 aliphatic heterocycles. The van der Waals surface area contributed by atoms with E-state index in [2.05, 4.69) is 13.8 Å². The number of hydrogen-bond donors (Lipinski definition) is 0. The van der Waals surface area contributed by atoms with Crippen LogP contribution in [-0.2, 0) is 10.0 Å². The van der Waals surface area contributed by atoms with Gasteiger partial charge in [0.2, 0.25) is 0 Å². The first kappa shape index (κ1) is 16.8. The molecular formula is C17H20ClNO2S. The van der Waals surface area contributed by atoms with Gasteiger partial charge in [-0.1, -0.05) is 37.6 Å². The van der Waals surface area contributed by atoms with E-state index in [1.165, 1.54) is 22.0 Å². The van der Waals surface area contributed by atoms with E-state index in [4.69, 9.17) is 11.6 Å². The molecule has 2 aromatic carbocycles. The molecule has 0 fully saturated rings. The molecule has 118 valence electrons. The maximum absolute atomic E-state index is 12.8. The predicted octanol–water partition coefficient (Wildman–Crippen LogP) is 4.68. The zero-order valence-corrected chi connectivity index (χ0v) is 14.5. The minimum atomic E-state index is -3.58. The molecule has 0 amide bonds. The average molecular weight is 338 g/mol. The Balaban J connectivity index is 2.40. The molecule has 2 rings (SSSR count). The Labute approximate surface area is 137 Å². The van der Waals surface area contributed by atoms with Crippen molar-refractivity contribution in [2.24, 2.45) is 0 Å². The smallest absolute Gasteiger partial charge is 0.264 e. The molecular weight excluding hydrogens is 318 g/mol. The molecule has 0 aliphatic rings. The van der Waals surface area contributed by atoms with Crippen LogP contribution in [0.25, 0.3) is 0 Å². The monoisotopic (exact) mass is 337 g/mol. The summed E-state index contributed by atoms with van der Waals surface area (Å²) in [6.07, 6.45) is 0. The van der Waals surface area contributed by atoms with Crippen LogP contribution in [0.15, 0.2) is 53.4 Å². The van der Waals surface area contributed by atoms with Crippen LogP contribution in [-0.4, -0.2) is 15.0 Å². The summed E-state index contributed by atoms with van der Waals surface area (Å²) in [4.78, 5) is 0.242. The zero-order chi connectivity index (χ0) is 16.3. The Morgan fingerprint density at radius 1 is 1.00 bits per heavy atom. The van der Waals surface area contributed by atoms with Crippen molar-refractivity contribution in [2.75, 3.05) is 10.8 Å². The van der Waals surface area contributed by atoms with Gasteiger partial charge in [0, 0.05) is 11.6 Å². The Bertz CT molecular complexity index is 722. The fraction of sp³-hybridized carbons (Fsp3) is 0.294. The number of benzene rings is 2. The Morgan fingerprint density at radius 2 is 1.55 bits per heavy atom. The SMILES string of the molecule is CCN(c1ccc(C(C)C)cc1)S(=O)(=O)c1ccc(Cl)cc1. The second kappa shape index (κ2) is 6.71. The lowest BCUT2D eigenvalue weighted by atomic mass is 10.0. The van der Waals surface area contributed by atoms with E-state index < -0.39 is 10.0 Å². The third kappa shape index (κ3) is 3.45. The van der Waals surface area contributed by atoms with Crippen molar-refractivity contribution in [1.29, 1.82) is 0 Å². The topological polar surface area (TPSA) is 37.4 Å². The van der Waals surface area contributed by atoms with E-state index in [1.807, 2.05) is 31.2 Å². The molecule has 22 heavy (non-hydrogen) atoms. The van der Waals surface area contributed by atoms with Crippen LogP contribution in [0.4, 0.5) is 5.69 Å². The van der Waals surface area contributed by atoms with Gasteiger partial charge in [0.15, 0.2) is 0 Å². The molecule has 2 aromatic rings. The Kier molecular flexibility index (Phi) is 5.14. The van der Waals surface area contributed by atoms with Crippen molar-refractivity contribution < 1.29 is 8.42 Å². The largest absolute Gasteiger partial charge is 0.267 e. The van der Waals surface area contributed by atoms with Gasteiger partial charge in [-0.05, 0) is 54.8 Å². The van der Waals surface area contributed by atoms with Crippen LogP contribution in [0, 0.1) is 0 Å². The fourth-order valence-corrected chi connectivity index (χ4v) is 3.85. The van der Waals surface area contributed by atoms with Gasteiger partial charge in [0.1, 0.15) is 0 Å². The summed E-state index contributed by atoms with van der Waals surface area (Å²) in [5.41, 5.74) is 1.85. The van der Waals surface area contributed by atoms with E-state index >= 15 is 0 Å². The summed E-state index contributed by atoms with van der Waals surface area (Å²) in [6.45, 7) is 6.41. The average Bonchev–Trinajstić information content (AvgIpc) is 2.48. The van der Waals surface area contributed by atoms with Gasteiger partial charge in [0.25, 0.3) is 10.0 Å². The molecule has 0 saturated heterocycles. The van der Waals surface area contributed by atoms with Crippen LogP contribution >= 0.6 is 11.6 Å². The highest BCUT2D eigenvalue weighted by molar-refractivity contribution is 7.92. The van der Waals surface area contributed by atoms with Crippen LogP contribution in [0.2, 0.25) is 5.02 Å². The first-order chi connectivity index (χ1) is 10.4. The molecule has 0 unspecified atom stereocenters. The predicted molar refractivity (Wildman–Crippen MR) is 92.2 cm³/mol. The summed E-state index contributed by atoms with van der Waals surface area (Å²) in [5.74, 6) is 0.414. The van der Waals surface area contributed by atoms with E-state index in [0.29, 0.717) is 23.2 Å².